The standard InChI is InChI=1S/C20H44N.H2O/c1-5-9-12-15-18-21(8-4,19-16-13-10-6-2)20-17-14-11-7-3;/h5-20H2,1-4H3;1H2/q+1;/p-1. The lowest BCUT2D eigenvalue weighted by Crippen LogP contribution is -2.50. The summed E-state index contributed by atoms with van der Waals surface area (Å²) >= 11 is 0. The molecule has 136 valence electrons. The molecule has 0 aliphatic carbocycles. The summed E-state index contributed by atoms with van der Waals surface area (Å²) < 4.78 is 1.41. The number of hydrogen-bond acceptors (Lipinski definition) is 1. The number of nitrogens with zero attached hydrogens (tertiary/aromatic N) is 1. The average molecular weight is 316 g/mol. The maximum atomic E-state index is 2.43. The van der Waals surface area contributed by atoms with Gasteiger partial charge in [0.25, 0.3) is 0 Å². The van der Waals surface area contributed by atoms with Crippen LogP contribution in [0, 0.1) is 0 Å². The van der Waals surface area contributed by atoms with E-state index in [0.29, 0.717) is 0 Å². The predicted molar refractivity (Wildman–Crippen MR) is 99.8 cm³/mol. The normalized spacial score (nSPS) is 11.5. The Bertz CT molecular complexity index is 175. The van der Waals surface area contributed by atoms with Gasteiger partial charge in [0.1, 0.15) is 0 Å². The molecule has 0 atom stereocenters. The molecule has 0 bridgehead atoms. The van der Waals surface area contributed by atoms with E-state index < -0.39 is 0 Å². The summed E-state index contributed by atoms with van der Waals surface area (Å²) in [6.45, 7) is 15.0. The van der Waals surface area contributed by atoms with Crippen LogP contribution < -0.4 is 0 Å². The minimum absolute atomic E-state index is 0. The van der Waals surface area contributed by atoms with Gasteiger partial charge in [-0.1, -0.05) is 59.3 Å². The third-order valence-corrected chi connectivity index (χ3v) is 5.13. The van der Waals surface area contributed by atoms with E-state index in [1.807, 2.05) is 0 Å². The van der Waals surface area contributed by atoms with Crippen LogP contribution in [0.5, 0.6) is 0 Å². The second-order valence-corrected chi connectivity index (χ2v) is 7.01. The van der Waals surface area contributed by atoms with Crippen molar-refractivity contribution in [1.82, 2.24) is 0 Å². The van der Waals surface area contributed by atoms with Gasteiger partial charge >= 0.3 is 0 Å². The minimum atomic E-state index is 0. The highest BCUT2D eigenvalue weighted by Crippen LogP contribution is 2.17. The van der Waals surface area contributed by atoms with Crippen LogP contribution >= 0.6 is 0 Å². The van der Waals surface area contributed by atoms with E-state index in [1.54, 1.807) is 0 Å². The van der Waals surface area contributed by atoms with Gasteiger partial charge in [-0.15, -0.1) is 0 Å². The molecule has 0 saturated carbocycles. The molecular formula is C20H45NO. The van der Waals surface area contributed by atoms with Crippen LogP contribution in [0.3, 0.4) is 0 Å². The predicted octanol–water partition coefficient (Wildman–Crippen LogP) is 6.39. The highest BCUT2D eigenvalue weighted by atomic mass is 16.0. The first-order valence-electron chi connectivity index (χ1n) is 10.1. The Morgan fingerprint density at radius 3 is 1.00 bits per heavy atom. The highest BCUT2D eigenvalue weighted by molar-refractivity contribution is 4.50. The van der Waals surface area contributed by atoms with Crippen molar-refractivity contribution < 1.29 is 9.96 Å². The quantitative estimate of drug-likeness (QED) is 0.240. The fourth-order valence-electron chi connectivity index (χ4n) is 3.43. The molecule has 0 rings (SSSR count). The van der Waals surface area contributed by atoms with E-state index in [4.69, 9.17) is 0 Å². The number of unbranched alkanes of at least 4 members (excludes halogenated alkanes) is 9. The number of hydrogen-bond donors (Lipinski definition) is 0. The zero-order valence-corrected chi connectivity index (χ0v) is 16.2. The van der Waals surface area contributed by atoms with Crippen molar-refractivity contribution in [3.8, 4) is 0 Å². The van der Waals surface area contributed by atoms with Crippen LogP contribution in [0.15, 0.2) is 0 Å². The molecule has 0 fully saturated rings. The van der Waals surface area contributed by atoms with Gasteiger partial charge in [0.15, 0.2) is 0 Å². The second-order valence-electron chi connectivity index (χ2n) is 7.01. The van der Waals surface area contributed by atoms with Gasteiger partial charge in [-0.3, -0.25) is 0 Å². The number of quaternary nitrogens is 1. The Kier molecular flexibility index (Phi) is 19.0. The molecule has 0 aromatic heterocycles. The van der Waals surface area contributed by atoms with E-state index in [2.05, 4.69) is 27.7 Å². The second kappa shape index (κ2) is 17.3. The molecule has 22 heavy (non-hydrogen) atoms. The first-order chi connectivity index (χ1) is 10.2. The van der Waals surface area contributed by atoms with Crippen molar-refractivity contribution in [1.29, 1.82) is 0 Å². The molecule has 0 saturated heterocycles. The van der Waals surface area contributed by atoms with Crippen LogP contribution in [0.2, 0.25) is 0 Å². The van der Waals surface area contributed by atoms with E-state index in [9.17, 15) is 0 Å². The molecule has 0 unspecified atom stereocenters. The summed E-state index contributed by atoms with van der Waals surface area (Å²) in [5.41, 5.74) is 0. The first-order valence-corrected chi connectivity index (χ1v) is 10.1. The minimum Gasteiger partial charge on any atom is -0.870 e. The third-order valence-electron chi connectivity index (χ3n) is 5.13. The average Bonchev–Trinajstić information content (AvgIpc) is 2.51. The lowest BCUT2D eigenvalue weighted by atomic mass is 10.1. The largest absolute Gasteiger partial charge is 0.870 e. The van der Waals surface area contributed by atoms with Gasteiger partial charge in [-0.2, -0.15) is 0 Å². The van der Waals surface area contributed by atoms with Gasteiger partial charge in [-0.25, -0.2) is 0 Å². The molecule has 0 aromatic rings. The van der Waals surface area contributed by atoms with Crippen molar-refractivity contribution in [2.45, 2.75) is 105 Å². The molecule has 0 aliphatic heterocycles. The lowest BCUT2D eigenvalue weighted by molar-refractivity contribution is -0.927. The van der Waals surface area contributed by atoms with E-state index >= 15 is 0 Å². The zero-order valence-electron chi connectivity index (χ0n) is 16.2. The summed E-state index contributed by atoms with van der Waals surface area (Å²) in [7, 11) is 0. The van der Waals surface area contributed by atoms with Crippen molar-refractivity contribution in [3.05, 3.63) is 0 Å². The molecule has 1 N–H and O–H groups in total. The van der Waals surface area contributed by atoms with Crippen LogP contribution in [-0.2, 0) is 0 Å². The molecule has 0 radical (unpaired) electrons. The van der Waals surface area contributed by atoms with Crippen molar-refractivity contribution >= 4 is 0 Å². The fraction of sp³-hybridized carbons (Fsp3) is 1.00. The Labute approximate surface area is 141 Å². The van der Waals surface area contributed by atoms with Crippen LogP contribution in [0.25, 0.3) is 0 Å². The summed E-state index contributed by atoms with van der Waals surface area (Å²) in [5, 5.41) is 0. The molecule has 2 nitrogen and oxygen atoms in total. The van der Waals surface area contributed by atoms with E-state index in [-0.39, 0.29) is 5.48 Å². The monoisotopic (exact) mass is 315 g/mol. The van der Waals surface area contributed by atoms with Crippen molar-refractivity contribution in [2.24, 2.45) is 0 Å². The van der Waals surface area contributed by atoms with Gasteiger partial charge in [0.2, 0.25) is 0 Å². The maximum Gasteiger partial charge on any atom is 0.0786 e. The summed E-state index contributed by atoms with van der Waals surface area (Å²) in [4.78, 5) is 0. The van der Waals surface area contributed by atoms with E-state index in [0.717, 1.165) is 0 Å². The molecule has 0 aromatic carbocycles. The molecular weight excluding hydrogens is 270 g/mol. The first kappa shape index (κ1) is 24.2. The topological polar surface area (TPSA) is 30.0 Å². The molecule has 2 heteroatoms. The zero-order chi connectivity index (χ0) is 15.8. The van der Waals surface area contributed by atoms with Crippen molar-refractivity contribution in [3.63, 3.8) is 0 Å². The molecule has 0 amide bonds. The number of rotatable bonds is 16. The summed E-state index contributed by atoms with van der Waals surface area (Å²) in [6, 6.07) is 0. The highest BCUT2D eigenvalue weighted by Gasteiger charge is 2.23. The Hall–Kier alpha value is -0.0800. The Morgan fingerprint density at radius 1 is 0.455 bits per heavy atom. The van der Waals surface area contributed by atoms with Crippen LogP contribution in [0.4, 0.5) is 0 Å². The van der Waals surface area contributed by atoms with Gasteiger partial charge in [-0.05, 0) is 45.4 Å². The summed E-state index contributed by atoms with van der Waals surface area (Å²) in [6.07, 6.45) is 17.0. The maximum absolute atomic E-state index is 2.43. The Morgan fingerprint density at radius 2 is 0.773 bits per heavy atom. The van der Waals surface area contributed by atoms with E-state index in [1.165, 1.54) is 108 Å². The van der Waals surface area contributed by atoms with Gasteiger partial charge in [0, 0.05) is 0 Å². The smallest absolute Gasteiger partial charge is 0.0786 e. The Balaban J connectivity index is 0. The van der Waals surface area contributed by atoms with Gasteiger partial charge < -0.3 is 9.96 Å². The molecule has 0 spiro atoms. The van der Waals surface area contributed by atoms with Crippen LogP contribution in [0.1, 0.15) is 105 Å². The lowest BCUT2D eigenvalue weighted by Gasteiger charge is -2.38. The third kappa shape index (κ3) is 12.5. The van der Waals surface area contributed by atoms with Crippen molar-refractivity contribution in [2.75, 3.05) is 26.2 Å². The van der Waals surface area contributed by atoms with Crippen LogP contribution in [-0.4, -0.2) is 36.1 Å². The molecule has 0 aliphatic rings. The fourth-order valence-corrected chi connectivity index (χ4v) is 3.43. The van der Waals surface area contributed by atoms with Gasteiger partial charge in [0.05, 0.1) is 26.2 Å². The summed E-state index contributed by atoms with van der Waals surface area (Å²) in [5.74, 6) is 0. The molecule has 0 heterocycles. The SMILES string of the molecule is CCCCCC[N+](CC)(CCCCCC)CCCCCC.[OH-].